The van der Waals surface area contributed by atoms with Crippen LogP contribution in [0.5, 0.6) is 0 Å². The number of ether oxygens (including phenoxy) is 2. The second-order valence-corrected chi connectivity index (χ2v) is 29.2. The number of anilines is 1. The number of rotatable bonds is 14. The van der Waals surface area contributed by atoms with Crippen LogP contribution in [0.2, 0.25) is 15.3 Å². The predicted octanol–water partition coefficient (Wildman–Crippen LogP) is 12.5. The van der Waals surface area contributed by atoms with Crippen molar-refractivity contribution in [1.29, 1.82) is 0 Å². The summed E-state index contributed by atoms with van der Waals surface area (Å²) in [7, 11) is -7.67. The van der Waals surface area contributed by atoms with Crippen LogP contribution < -0.4 is 11.1 Å². The summed E-state index contributed by atoms with van der Waals surface area (Å²) < 4.78 is 66.8. The Morgan fingerprint density at radius 3 is 1.31 bits per heavy atom. The second kappa shape index (κ2) is 33.8. The molecule has 0 bridgehead atoms. The maximum Gasteiger partial charge on any atom is 0.410 e. The highest BCUT2D eigenvalue weighted by Gasteiger charge is 2.36. The number of carbonyl (C=O) groups excluding carboxylic acids is 4. The quantitative estimate of drug-likeness (QED) is 0.0958. The van der Waals surface area contributed by atoms with Gasteiger partial charge in [-0.25, -0.2) is 54.3 Å². The van der Waals surface area contributed by atoms with Gasteiger partial charge in [0.05, 0.1) is 54.7 Å². The molecule has 4 amide bonds. The van der Waals surface area contributed by atoms with Gasteiger partial charge in [0.15, 0.2) is 0 Å². The Balaban J connectivity index is 0.000000178. The van der Waals surface area contributed by atoms with Gasteiger partial charge in [-0.2, -0.15) is 27.0 Å². The first-order valence-electron chi connectivity index (χ1n) is 32.4. The van der Waals surface area contributed by atoms with Gasteiger partial charge in [0.2, 0.25) is 23.0 Å². The summed E-state index contributed by atoms with van der Waals surface area (Å²) in [5.41, 5.74) is 10.7. The van der Waals surface area contributed by atoms with Crippen LogP contribution in [-0.4, -0.2) is 153 Å². The van der Waals surface area contributed by atoms with Gasteiger partial charge in [0.25, 0.3) is 20.0 Å². The molecule has 0 saturated carbocycles. The number of carbonyl (C=O) groups is 4. The smallest absolute Gasteiger partial charge is 0.410 e. The van der Waals surface area contributed by atoms with Crippen LogP contribution in [-0.2, 0) is 52.3 Å². The van der Waals surface area contributed by atoms with E-state index in [2.05, 4.69) is 20.3 Å². The van der Waals surface area contributed by atoms with Crippen LogP contribution in [0, 0.1) is 11.8 Å². The van der Waals surface area contributed by atoms with Gasteiger partial charge in [0.1, 0.15) is 13.2 Å². The van der Waals surface area contributed by atoms with E-state index in [0.29, 0.717) is 128 Å². The Morgan fingerprint density at radius 2 is 0.861 bits per heavy atom. The van der Waals surface area contributed by atoms with Crippen molar-refractivity contribution in [2.45, 2.75) is 73.6 Å². The Bertz CT molecular complexity index is 4770. The minimum atomic E-state index is -3.89. The molecule has 2 atom stereocenters. The fourth-order valence-corrected chi connectivity index (χ4v) is 16.0. The Hall–Kier alpha value is -8.73. The lowest BCUT2D eigenvalue weighted by atomic mass is 9.95. The minimum Gasteiger partial charge on any atom is -0.445 e. The molecule has 0 radical (unpaired) electrons. The largest absolute Gasteiger partial charge is 0.445 e. The van der Waals surface area contributed by atoms with E-state index < -0.39 is 20.0 Å². The number of amides is 4. The topological polar surface area (TPSA) is 267 Å². The van der Waals surface area contributed by atoms with E-state index in [9.17, 15) is 36.0 Å². The standard InChI is InChI=1S/C36H35ClN6O5S.C18H11Cl2N3O2S.C18H25N3O3.2H2S/c37-31-21-38-35(40-33(31)30-23-43(32-14-8-7-13-29(30)32)49(46,47)28-11-5-2-6-12-28)39-27-17-20-42(22-27)34(44)26-15-18-41(19-16-26)36(45)48-24-25-9-3-1-4-10-25;19-15-10-21-18(20)22-17(15)14-11-23(16-9-5-4-8-13(14)16)26(24,25)12-6-2-1-3-7-12;19-16-8-11-21(12-16)17(22)15-6-9-20(10-7-15)18(23)24-13-14-4-2-1-3-5-14;;/h1-14,21,23,26-27H,15-20,22,24H2,(H,38,39,40);1-11H;1-5,15-16H,6-13,19H2;2*1H2/t27-;;16-;;/m0.0../s1. The molecule has 10 aromatic rings. The fourth-order valence-electron chi connectivity index (χ4n) is 12.7. The Kier molecular flexibility index (Phi) is 25.1. The summed E-state index contributed by atoms with van der Waals surface area (Å²) >= 11 is 18.8. The first-order chi connectivity index (χ1) is 47.9. The highest BCUT2D eigenvalue weighted by atomic mass is 35.5. The van der Waals surface area contributed by atoms with Crippen LogP contribution in [0.4, 0.5) is 15.5 Å². The summed E-state index contributed by atoms with van der Waals surface area (Å²) in [5, 5.41) is 5.34. The number of hydrogen-bond donors (Lipinski definition) is 2. The molecule has 101 heavy (non-hydrogen) atoms. The average molecular weight is 1500 g/mol. The number of benzene rings is 6. The van der Waals surface area contributed by atoms with Gasteiger partial charge in [-0.1, -0.05) is 157 Å². The summed E-state index contributed by atoms with van der Waals surface area (Å²) in [5.74, 6) is 0.476. The van der Waals surface area contributed by atoms with Gasteiger partial charge < -0.3 is 40.1 Å². The molecule has 6 aromatic carbocycles. The van der Waals surface area contributed by atoms with Gasteiger partial charge in [0, 0.05) is 111 Å². The number of nitrogens with one attached hydrogen (secondary N) is 1. The molecule has 0 spiro atoms. The number of piperidine rings is 2. The third kappa shape index (κ3) is 17.6. The average Bonchev–Trinajstić information content (AvgIpc) is 1.61. The van der Waals surface area contributed by atoms with Crippen molar-refractivity contribution in [1.82, 2.24) is 47.5 Å². The van der Waals surface area contributed by atoms with E-state index in [1.54, 1.807) is 101 Å². The van der Waals surface area contributed by atoms with E-state index in [1.165, 1.54) is 26.5 Å². The number of aromatic nitrogens is 6. The van der Waals surface area contributed by atoms with Crippen LogP contribution in [0.25, 0.3) is 44.3 Å². The molecule has 14 rings (SSSR count). The van der Waals surface area contributed by atoms with Crippen molar-refractivity contribution in [2.24, 2.45) is 17.6 Å². The number of halogens is 3. The lowest BCUT2D eigenvalue weighted by molar-refractivity contribution is -0.136. The van der Waals surface area contributed by atoms with Crippen LogP contribution in [0.3, 0.4) is 0 Å². The number of hydrogen-bond acceptors (Lipinski definition) is 16. The summed E-state index contributed by atoms with van der Waals surface area (Å²) in [6.07, 6.45) is 9.48. The van der Waals surface area contributed by atoms with Gasteiger partial charge >= 0.3 is 12.2 Å². The molecular weight excluding hydrogens is 1430 g/mol. The molecule has 3 N–H and O–H groups in total. The Labute approximate surface area is 614 Å². The zero-order chi connectivity index (χ0) is 69.2. The maximum absolute atomic E-state index is 13.6. The van der Waals surface area contributed by atoms with Crippen molar-refractivity contribution in [3.8, 4) is 22.5 Å². The van der Waals surface area contributed by atoms with E-state index in [1.807, 2.05) is 94.7 Å². The van der Waals surface area contributed by atoms with Crippen LogP contribution in [0.15, 0.2) is 204 Å². The van der Waals surface area contributed by atoms with Crippen LogP contribution in [0.1, 0.15) is 49.7 Å². The second-order valence-electron chi connectivity index (χ2n) is 24.4. The molecule has 8 heterocycles. The summed E-state index contributed by atoms with van der Waals surface area (Å²) in [4.78, 5) is 75.2. The van der Waals surface area contributed by atoms with Crippen LogP contribution >= 0.6 is 61.8 Å². The summed E-state index contributed by atoms with van der Waals surface area (Å²) in [6.45, 7) is 5.12. The number of para-hydroxylation sites is 2. The monoisotopic (exact) mass is 1500 g/mol. The lowest BCUT2D eigenvalue weighted by Crippen LogP contribution is -2.44. The third-order valence-corrected chi connectivity index (χ3v) is 22.0. The molecule has 4 saturated heterocycles. The van der Waals surface area contributed by atoms with E-state index in [4.69, 9.17) is 55.0 Å². The van der Waals surface area contributed by atoms with Gasteiger partial charge in [-0.15, -0.1) is 0 Å². The minimum absolute atomic E-state index is 0. The predicted molar refractivity (Wildman–Crippen MR) is 399 cm³/mol. The number of fused-ring (bicyclic) bond motifs is 2. The third-order valence-electron chi connectivity index (χ3n) is 17.9. The van der Waals surface area contributed by atoms with Crippen molar-refractivity contribution in [2.75, 3.05) is 57.7 Å². The number of nitrogens with zero attached hydrogens (tertiary/aromatic N) is 10. The van der Waals surface area contributed by atoms with Gasteiger partial charge in [-0.3, -0.25) is 9.59 Å². The molecular formula is C72H75Cl3N12O10S4. The molecule has 4 aliphatic rings. The maximum atomic E-state index is 13.6. The lowest BCUT2D eigenvalue weighted by Gasteiger charge is -2.32. The normalized spacial score (nSPS) is 16.4. The molecule has 0 aliphatic carbocycles. The number of nitrogens with two attached hydrogens (primary N) is 1. The fraction of sp³-hybridized carbons (Fsp3) is 0.278. The van der Waals surface area contributed by atoms with Crippen molar-refractivity contribution >= 4 is 134 Å². The molecule has 22 nitrogen and oxygen atoms in total. The molecule has 4 aromatic heterocycles. The van der Waals surface area contributed by atoms with E-state index in [-0.39, 0.29) is 113 Å². The highest BCUT2D eigenvalue weighted by Crippen LogP contribution is 2.38. The Morgan fingerprint density at radius 1 is 0.475 bits per heavy atom. The molecule has 4 fully saturated rings. The SMILES string of the molecule is N[C@H]1CCN(C(=O)C2CCN(C(=O)OCc3ccccc3)CC2)C1.O=C(OCc1ccccc1)N1CCC(C(=O)N2CC[C@H](Nc3ncc(Cl)c(-c4cn(S(=O)(=O)c5ccccc5)c5ccccc45)n3)C2)CC1.O=S(=O)(c1ccccc1)n1cc(-c2nc(Cl)ncc2Cl)c2ccccc21.S.S. The zero-order valence-electron chi connectivity index (χ0n) is 54.7. The molecule has 4 aliphatic heterocycles. The van der Waals surface area contributed by atoms with Gasteiger partial charge in [-0.05, 0) is 97.7 Å². The first-order valence-corrected chi connectivity index (χ1v) is 36.4. The first kappa shape index (κ1) is 74.9. The zero-order valence-corrected chi connectivity index (χ0v) is 60.6. The van der Waals surface area contributed by atoms with Crippen molar-refractivity contribution < 1.29 is 45.5 Å². The molecule has 29 heteroatoms. The van der Waals surface area contributed by atoms with Crippen molar-refractivity contribution in [3.63, 3.8) is 0 Å². The molecule has 0 unspecified atom stereocenters. The highest BCUT2D eigenvalue weighted by molar-refractivity contribution is 7.90. The summed E-state index contributed by atoms with van der Waals surface area (Å²) in [6, 6.07) is 50.1. The molecule has 528 valence electrons. The number of likely N-dealkylation sites (tertiary alicyclic amines) is 4. The van der Waals surface area contributed by atoms with E-state index >= 15 is 0 Å². The van der Waals surface area contributed by atoms with E-state index in [0.717, 1.165) is 24.1 Å². The van der Waals surface area contributed by atoms with Crippen molar-refractivity contribution in [3.05, 3.63) is 221 Å².